The molecule has 0 amide bonds. The minimum absolute atomic E-state index is 0.0569. The van der Waals surface area contributed by atoms with Gasteiger partial charge in [-0.1, -0.05) is 30.3 Å². The average molecular weight is 334 g/mol. The second kappa shape index (κ2) is 5.89. The second-order valence-corrected chi connectivity index (χ2v) is 5.32. The van der Waals surface area contributed by atoms with Gasteiger partial charge in [-0.25, -0.2) is 0 Å². The van der Waals surface area contributed by atoms with E-state index in [4.69, 9.17) is 14.2 Å². The minimum Gasteiger partial charge on any atom is -0.504 e. The van der Waals surface area contributed by atoms with Crippen molar-refractivity contribution in [2.75, 3.05) is 0 Å². The molecule has 0 bridgehead atoms. The first-order valence-electron chi connectivity index (χ1n) is 6.41. The molecule has 1 aromatic heterocycles. The Bertz CT molecular complexity index is 918. The molecule has 7 nitrogen and oxygen atoms in total. The van der Waals surface area contributed by atoms with Gasteiger partial charge in [-0.3, -0.25) is 4.79 Å². The molecule has 0 fully saturated rings. The van der Waals surface area contributed by atoms with Gasteiger partial charge in [0, 0.05) is 17.7 Å². The number of phenols is 2. The molecule has 0 saturated heterocycles. The first-order chi connectivity index (χ1) is 11.0. The van der Waals surface area contributed by atoms with E-state index < -0.39 is 31.3 Å². The molecular formula is C15H11O7P. The van der Waals surface area contributed by atoms with E-state index in [2.05, 4.69) is 4.52 Å². The van der Waals surface area contributed by atoms with Crippen LogP contribution >= 0.6 is 8.60 Å². The number of phenolic OH excluding ortho intramolecular Hbond substituents is 2. The van der Waals surface area contributed by atoms with Crippen LogP contribution in [0.3, 0.4) is 0 Å². The molecule has 0 radical (unpaired) electrons. The summed E-state index contributed by atoms with van der Waals surface area (Å²) in [5.74, 6) is -1.66. The Labute approximate surface area is 130 Å². The zero-order chi connectivity index (χ0) is 16.6. The summed E-state index contributed by atoms with van der Waals surface area (Å²) < 4.78 is 10.3. The lowest BCUT2D eigenvalue weighted by molar-refractivity contribution is 0.351. The fraction of sp³-hybridized carbons (Fsp3) is 0. The van der Waals surface area contributed by atoms with E-state index in [1.54, 1.807) is 24.3 Å². The van der Waals surface area contributed by atoms with Gasteiger partial charge >= 0.3 is 8.60 Å². The van der Waals surface area contributed by atoms with Crippen LogP contribution in [-0.4, -0.2) is 20.0 Å². The van der Waals surface area contributed by atoms with E-state index in [0.29, 0.717) is 5.56 Å². The Kier molecular flexibility index (Phi) is 3.92. The van der Waals surface area contributed by atoms with Crippen molar-refractivity contribution in [2.24, 2.45) is 0 Å². The fourth-order valence-corrected chi connectivity index (χ4v) is 2.52. The number of aromatic hydroxyl groups is 2. The maximum absolute atomic E-state index is 12.3. The van der Waals surface area contributed by atoms with Gasteiger partial charge in [0.1, 0.15) is 16.7 Å². The molecule has 0 aliphatic heterocycles. The summed E-state index contributed by atoms with van der Waals surface area (Å²) in [5.41, 5.74) is 0.0267. The lowest BCUT2D eigenvalue weighted by Gasteiger charge is -2.12. The first kappa shape index (κ1) is 15.3. The summed E-state index contributed by atoms with van der Waals surface area (Å²) >= 11 is 0. The molecule has 4 N–H and O–H groups in total. The van der Waals surface area contributed by atoms with E-state index in [1.165, 1.54) is 6.07 Å². The molecule has 0 aliphatic carbocycles. The zero-order valence-corrected chi connectivity index (χ0v) is 12.4. The third-order valence-electron chi connectivity index (χ3n) is 3.16. The van der Waals surface area contributed by atoms with Crippen LogP contribution in [-0.2, 0) is 0 Å². The fourth-order valence-electron chi connectivity index (χ4n) is 2.18. The Hall–Kier alpha value is -2.60. The van der Waals surface area contributed by atoms with Gasteiger partial charge in [-0.2, -0.15) is 0 Å². The molecule has 0 spiro atoms. The SMILES string of the molecule is O=c1cc(-c2ccccc2)oc2cc(O)c(O)c(OP(O)O)c12. The van der Waals surface area contributed by atoms with Crippen LogP contribution in [0.1, 0.15) is 0 Å². The Morgan fingerprint density at radius 1 is 1.04 bits per heavy atom. The highest BCUT2D eigenvalue weighted by Gasteiger charge is 2.21. The predicted molar refractivity (Wildman–Crippen MR) is 83.2 cm³/mol. The van der Waals surface area contributed by atoms with E-state index >= 15 is 0 Å². The van der Waals surface area contributed by atoms with Crippen molar-refractivity contribution in [3.63, 3.8) is 0 Å². The summed E-state index contributed by atoms with van der Waals surface area (Å²) in [4.78, 5) is 30.3. The average Bonchev–Trinajstić information content (AvgIpc) is 2.52. The normalized spacial score (nSPS) is 11.1. The zero-order valence-electron chi connectivity index (χ0n) is 11.5. The molecule has 2 aromatic carbocycles. The minimum atomic E-state index is -2.89. The Morgan fingerprint density at radius 3 is 2.39 bits per heavy atom. The van der Waals surface area contributed by atoms with Crippen LogP contribution < -0.4 is 9.95 Å². The van der Waals surface area contributed by atoms with Crippen LogP contribution in [0.4, 0.5) is 0 Å². The van der Waals surface area contributed by atoms with Crippen LogP contribution in [0.2, 0.25) is 0 Å². The quantitative estimate of drug-likeness (QED) is 0.429. The van der Waals surface area contributed by atoms with Gasteiger partial charge in [0.05, 0.1) is 0 Å². The highest BCUT2D eigenvalue weighted by Crippen LogP contribution is 2.45. The van der Waals surface area contributed by atoms with Crippen molar-refractivity contribution in [1.29, 1.82) is 0 Å². The second-order valence-electron chi connectivity index (χ2n) is 4.63. The molecule has 0 unspecified atom stereocenters. The molecule has 23 heavy (non-hydrogen) atoms. The highest BCUT2D eigenvalue weighted by molar-refractivity contribution is 7.39. The van der Waals surface area contributed by atoms with E-state index in [9.17, 15) is 15.0 Å². The van der Waals surface area contributed by atoms with Crippen LogP contribution in [0, 0.1) is 0 Å². The lowest BCUT2D eigenvalue weighted by atomic mass is 10.1. The largest absolute Gasteiger partial charge is 0.504 e. The molecule has 0 atom stereocenters. The maximum Gasteiger partial charge on any atom is 0.391 e. The van der Waals surface area contributed by atoms with Gasteiger partial charge in [0.2, 0.25) is 5.75 Å². The van der Waals surface area contributed by atoms with Gasteiger partial charge in [-0.05, 0) is 0 Å². The van der Waals surface area contributed by atoms with Gasteiger partial charge in [0.15, 0.2) is 16.9 Å². The Balaban J connectivity index is 2.31. The van der Waals surface area contributed by atoms with Crippen molar-refractivity contribution >= 4 is 19.6 Å². The molecule has 3 aromatic rings. The van der Waals surface area contributed by atoms with Gasteiger partial charge < -0.3 is 28.9 Å². The van der Waals surface area contributed by atoms with Crippen molar-refractivity contribution in [2.45, 2.75) is 0 Å². The summed E-state index contributed by atoms with van der Waals surface area (Å²) in [6.07, 6.45) is 0. The van der Waals surface area contributed by atoms with Gasteiger partial charge in [-0.15, -0.1) is 0 Å². The van der Waals surface area contributed by atoms with E-state index in [0.717, 1.165) is 6.07 Å². The standard InChI is InChI=1S/C15H11O7P/c16-9-6-11(8-4-2-1-3-5-8)21-12-7-10(17)14(18)15(13(9)12)22-23(19)20/h1-7,17-20H. The molecule has 0 saturated carbocycles. The monoisotopic (exact) mass is 334 g/mol. The molecule has 8 heteroatoms. The molecule has 3 rings (SSSR count). The summed E-state index contributed by atoms with van der Waals surface area (Å²) in [6.45, 7) is 0. The number of rotatable bonds is 3. The summed E-state index contributed by atoms with van der Waals surface area (Å²) in [7, 11) is -2.89. The maximum atomic E-state index is 12.3. The lowest BCUT2D eigenvalue weighted by Crippen LogP contribution is -2.03. The first-order valence-corrected chi connectivity index (χ1v) is 7.58. The summed E-state index contributed by atoms with van der Waals surface area (Å²) in [6, 6.07) is 11.1. The third-order valence-corrected chi connectivity index (χ3v) is 3.50. The topological polar surface area (TPSA) is 120 Å². The molecule has 0 aliphatic rings. The van der Waals surface area contributed by atoms with E-state index in [-0.39, 0.29) is 16.7 Å². The third kappa shape index (κ3) is 2.85. The molecule has 118 valence electrons. The predicted octanol–water partition coefficient (Wildman–Crippen LogP) is 2.46. The molecular weight excluding hydrogens is 323 g/mol. The summed E-state index contributed by atoms with van der Waals surface area (Å²) in [5, 5.41) is 19.3. The number of hydrogen-bond donors (Lipinski definition) is 4. The smallest absolute Gasteiger partial charge is 0.391 e. The number of hydrogen-bond acceptors (Lipinski definition) is 7. The van der Waals surface area contributed by atoms with Crippen molar-refractivity contribution in [3.05, 3.63) is 52.7 Å². The molecule has 1 heterocycles. The van der Waals surface area contributed by atoms with Crippen molar-refractivity contribution < 1.29 is 28.9 Å². The van der Waals surface area contributed by atoms with Crippen LogP contribution in [0.15, 0.2) is 51.7 Å². The van der Waals surface area contributed by atoms with Crippen molar-refractivity contribution in [1.82, 2.24) is 0 Å². The van der Waals surface area contributed by atoms with Crippen molar-refractivity contribution in [3.8, 4) is 28.6 Å². The Morgan fingerprint density at radius 2 is 1.74 bits per heavy atom. The number of fused-ring (bicyclic) bond motifs is 1. The van der Waals surface area contributed by atoms with Gasteiger partial charge in [0.25, 0.3) is 0 Å². The highest BCUT2D eigenvalue weighted by atomic mass is 31.2. The number of benzene rings is 2. The van der Waals surface area contributed by atoms with Crippen LogP contribution in [0.25, 0.3) is 22.3 Å². The van der Waals surface area contributed by atoms with E-state index in [1.807, 2.05) is 6.07 Å². The van der Waals surface area contributed by atoms with Crippen LogP contribution in [0.5, 0.6) is 17.2 Å².